The highest BCUT2D eigenvalue weighted by Crippen LogP contribution is 2.29. The average Bonchev–Trinajstić information content (AvgIpc) is 2.86. The number of likely N-dealkylation sites (tertiary alicyclic amines) is 1. The molecule has 0 spiro atoms. The van der Waals surface area contributed by atoms with Gasteiger partial charge in [0.05, 0.1) is 12.7 Å². The second kappa shape index (κ2) is 4.45. The van der Waals surface area contributed by atoms with E-state index in [1.807, 2.05) is 13.0 Å². The van der Waals surface area contributed by atoms with Crippen LogP contribution in [0, 0.1) is 0 Å². The summed E-state index contributed by atoms with van der Waals surface area (Å²) in [7, 11) is 0. The first-order chi connectivity index (χ1) is 7.20. The molecule has 0 saturated carbocycles. The number of fused-ring (bicyclic) bond motifs is 2. The lowest BCUT2D eigenvalue weighted by atomic mass is 10.2. The van der Waals surface area contributed by atoms with E-state index in [0.29, 0.717) is 24.6 Å². The third kappa shape index (κ3) is 2.29. The molecule has 3 atom stereocenters. The topological polar surface area (TPSA) is 29.5 Å². The molecule has 0 aliphatic carbocycles. The Kier molecular flexibility index (Phi) is 3.22. The molecule has 0 radical (unpaired) electrons. The molecule has 15 heavy (non-hydrogen) atoms. The van der Waals surface area contributed by atoms with Crippen LogP contribution in [0.5, 0.6) is 0 Å². The average molecular weight is 209 g/mol. The molecular weight excluding hydrogens is 190 g/mol. The van der Waals surface area contributed by atoms with Gasteiger partial charge in [0.15, 0.2) is 5.78 Å². The Morgan fingerprint density at radius 1 is 1.67 bits per heavy atom. The van der Waals surface area contributed by atoms with Crippen LogP contribution in [-0.4, -0.2) is 42.0 Å². The van der Waals surface area contributed by atoms with Crippen LogP contribution in [-0.2, 0) is 9.53 Å². The van der Waals surface area contributed by atoms with Gasteiger partial charge in [0.2, 0.25) is 0 Å². The van der Waals surface area contributed by atoms with Crippen LogP contribution in [0.4, 0.5) is 0 Å². The molecule has 84 valence electrons. The van der Waals surface area contributed by atoms with Gasteiger partial charge in [0, 0.05) is 25.0 Å². The van der Waals surface area contributed by atoms with Crippen molar-refractivity contribution in [2.75, 3.05) is 13.2 Å². The van der Waals surface area contributed by atoms with E-state index in [9.17, 15) is 4.79 Å². The lowest BCUT2D eigenvalue weighted by molar-refractivity contribution is -0.114. The molecule has 3 nitrogen and oxygen atoms in total. The highest BCUT2D eigenvalue weighted by molar-refractivity contribution is 5.89. The SMILES string of the molecule is CCC(=O)/C=C/C(C)N1CC2C[C@H]1CO2. The zero-order valence-corrected chi connectivity index (χ0v) is 9.48. The van der Waals surface area contributed by atoms with Crippen LogP contribution >= 0.6 is 0 Å². The van der Waals surface area contributed by atoms with E-state index in [0.717, 1.165) is 13.2 Å². The number of ether oxygens (including phenoxy) is 1. The quantitative estimate of drug-likeness (QED) is 0.655. The minimum atomic E-state index is 0.211. The van der Waals surface area contributed by atoms with Crippen molar-refractivity contribution in [3.8, 4) is 0 Å². The Hall–Kier alpha value is -0.670. The second-order valence-electron chi connectivity index (χ2n) is 4.46. The van der Waals surface area contributed by atoms with Crippen LogP contribution in [0.2, 0.25) is 0 Å². The van der Waals surface area contributed by atoms with E-state index >= 15 is 0 Å². The summed E-state index contributed by atoms with van der Waals surface area (Å²) in [5.41, 5.74) is 0. The number of nitrogens with zero attached hydrogens (tertiary/aromatic N) is 1. The van der Waals surface area contributed by atoms with Gasteiger partial charge in [-0.25, -0.2) is 0 Å². The molecule has 2 bridgehead atoms. The van der Waals surface area contributed by atoms with Crippen molar-refractivity contribution in [3.63, 3.8) is 0 Å². The van der Waals surface area contributed by atoms with Crippen molar-refractivity contribution < 1.29 is 9.53 Å². The van der Waals surface area contributed by atoms with Gasteiger partial charge in [0.1, 0.15) is 0 Å². The monoisotopic (exact) mass is 209 g/mol. The molecule has 0 aromatic rings. The Bertz CT molecular complexity index is 275. The summed E-state index contributed by atoms with van der Waals surface area (Å²) in [6.07, 6.45) is 5.94. The van der Waals surface area contributed by atoms with Crippen LogP contribution < -0.4 is 0 Å². The molecule has 2 rings (SSSR count). The number of hydrogen-bond donors (Lipinski definition) is 0. The molecule has 2 unspecified atom stereocenters. The molecule has 3 heteroatoms. The van der Waals surface area contributed by atoms with Crippen LogP contribution in [0.1, 0.15) is 26.7 Å². The van der Waals surface area contributed by atoms with Gasteiger partial charge in [-0.3, -0.25) is 9.69 Å². The smallest absolute Gasteiger partial charge is 0.155 e. The van der Waals surface area contributed by atoms with Gasteiger partial charge in [-0.05, 0) is 19.4 Å². The maximum absolute atomic E-state index is 11.2. The molecule has 0 aromatic heterocycles. The Morgan fingerprint density at radius 2 is 2.47 bits per heavy atom. The summed E-state index contributed by atoms with van der Waals surface area (Å²) in [6.45, 7) is 5.93. The Balaban J connectivity index is 1.89. The van der Waals surface area contributed by atoms with Gasteiger partial charge in [-0.2, -0.15) is 0 Å². The van der Waals surface area contributed by atoms with Crippen molar-refractivity contribution in [2.24, 2.45) is 0 Å². The number of rotatable bonds is 4. The Labute approximate surface area is 91.1 Å². The fraction of sp³-hybridized carbons (Fsp3) is 0.750. The minimum Gasteiger partial charge on any atom is -0.375 e. The maximum Gasteiger partial charge on any atom is 0.155 e. The predicted molar refractivity (Wildman–Crippen MR) is 58.8 cm³/mol. The molecular formula is C12H19NO2. The highest BCUT2D eigenvalue weighted by Gasteiger charge is 2.40. The zero-order chi connectivity index (χ0) is 10.8. The summed E-state index contributed by atoms with van der Waals surface area (Å²) in [5.74, 6) is 0.211. The van der Waals surface area contributed by atoms with Gasteiger partial charge >= 0.3 is 0 Å². The van der Waals surface area contributed by atoms with E-state index < -0.39 is 0 Å². The lowest BCUT2D eigenvalue weighted by Crippen LogP contribution is -2.42. The lowest BCUT2D eigenvalue weighted by Gasteiger charge is -2.30. The number of carbonyl (C=O) groups excluding carboxylic acids is 1. The zero-order valence-electron chi connectivity index (χ0n) is 9.48. The molecule has 0 amide bonds. The molecule has 2 heterocycles. The third-order valence-corrected chi connectivity index (χ3v) is 3.37. The van der Waals surface area contributed by atoms with Gasteiger partial charge < -0.3 is 4.74 Å². The van der Waals surface area contributed by atoms with Crippen molar-refractivity contribution in [2.45, 2.75) is 44.9 Å². The van der Waals surface area contributed by atoms with Gasteiger partial charge in [-0.15, -0.1) is 0 Å². The minimum absolute atomic E-state index is 0.211. The Morgan fingerprint density at radius 3 is 3.00 bits per heavy atom. The summed E-state index contributed by atoms with van der Waals surface area (Å²) < 4.78 is 5.55. The van der Waals surface area contributed by atoms with Crippen molar-refractivity contribution in [3.05, 3.63) is 12.2 Å². The van der Waals surface area contributed by atoms with Crippen molar-refractivity contribution in [1.29, 1.82) is 0 Å². The summed E-state index contributed by atoms with van der Waals surface area (Å²) in [6, 6.07) is 0.936. The van der Waals surface area contributed by atoms with E-state index in [4.69, 9.17) is 4.74 Å². The molecule has 0 aromatic carbocycles. The summed E-state index contributed by atoms with van der Waals surface area (Å²) in [4.78, 5) is 13.6. The number of hydrogen-bond acceptors (Lipinski definition) is 3. The second-order valence-corrected chi connectivity index (χ2v) is 4.46. The standard InChI is InChI=1S/C12H19NO2/c1-3-11(14)5-4-9(2)13-7-12-6-10(13)8-15-12/h4-5,9-10,12H,3,6-8H2,1-2H3/b5-4+/t9?,10-,12?/m0/s1. The van der Waals surface area contributed by atoms with Crippen LogP contribution in [0.25, 0.3) is 0 Å². The number of ketones is 1. The van der Waals surface area contributed by atoms with Crippen LogP contribution in [0.15, 0.2) is 12.2 Å². The first kappa shape index (κ1) is 10.8. The molecule has 2 saturated heterocycles. The van der Waals surface area contributed by atoms with Crippen molar-refractivity contribution >= 4 is 5.78 Å². The fourth-order valence-corrected chi connectivity index (χ4v) is 2.40. The third-order valence-electron chi connectivity index (χ3n) is 3.37. The number of morpholine rings is 1. The number of allylic oxidation sites excluding steroid dienone is 1. The van der Waals surface area contributed by atoms with Crippen LogP contribution in [0.3, 0.4) is 0 Å². The maximum atomic E-state index is 11.2. The van der Waals surface area contributed by atoms with Gasteiger partial charge in [-0.1, -0.05) is 13.0 Å². The first-order valence-corrected chi connectivity index (χ1v) is 5.79. The molecule has 2 aliphatic heterocycles. The molecule has 0 N–H and O–H groups in total. The van der Waals surface area contributed by atoms with Gasteiger partial charge in [0.25, 0.3) is 0 Å². The van der Waals surface area contributed by atoms with E-state index in [2.05, 4.69) is 11.8 Å². The normalized spacial score (nSPS) is 32.7. The largest absolute Gasteiger partial charge is 0.375 e. The first-order valence-electron chi connectivity index (χ1n) is 5.79. The predicted octanol–water partition coefficient (Wildman–Crippen LogP) is 1.38. The molecule has 2 aliphatic rings. The highest BCUT2D eigenvalue weighted by atomic mass is 16.5. The molecule has 2 fully saturated rings. The van der Waals surface area contributed by atoms with E-state index in [-0.39, 0.29) is 5.78 Å². The fourth-order valence-electron chi connectivity index (χ4n) is 2.40. The summed E-state index contributed by atoms with van der Waals surface area (Å²) >= 11 is 0. The summed E-state index contributed by atoms with van der Waals surface area (Å²) in [5, 5.41) is 0. The van der Waals surface area contributed by atoms with Crippen molar-refractivity contribution in [1.82, 2.24) is 4.90 Å². The number of carbonyl (C=O) groups is 1. The van der Waals surface area contributed by atoms with E-state index in [1.54, 1.807) is 6.08 Å². The van der Waals surface area contributed by atoms with E-state index in [1.165, 1.54) is 6.42 Å².